The number of carbonyl (C=O) groups is 1. The molecule has 1 heterocycles. The lowest BCUT2D eigenvalue weighted by molar-refractivity contribution is -0.119. The molecule has 1 amide bonds. The van der Waals surface area contributed by atoms with Gasteiger partial charge in [-0.3, -0.25) is 9.36 Å². The van der Waals surface area contributed by atoms with E-state index < -0.39 is 0 Å². The van der Waals surface area contributed by atoms with Gasteiger partial charge in [0.25, 0.3) is 0 Å². The molecule has 1 saturated carbocycles. The Hall–Kier alpha value is -2.22. The van der Waals surface area contributed by atoms with Crippen molar-refractivity contribution in [2.45, 2.75) is 70.1 Å². The Morgan fingerprint density at radius 1 is 1.13 bits per heavy atom. The number of carbonyl (C=O) groups excluding carboxylic acids is 1. The highest BCUT2D eigenvalue weighted by molar-refractivity contribution is 7.99. The summed E-state index contributed by atoms with van der Waals surface area (Å²) in [5, 5.41) is 12.9. The second kappa shape index (κ2) is 10.9. The van der Waals surface area contributed by atoms with E-state index in [1.807, 2.05) is 25.1 Å². The van der Waals surface area contributed by atoms with E-state index in [1.165, 1.54) is 31.0 Å². The Morgan fingerprint density at radius 2 is 1.84 bits per heavy atom. The van der Waals surface area contributed by atoms with E-state index in [4.69, 9.17) is 9.47 Å². The molecule has 0 aliphatic heterocycles. The van der Waals surface area contributed by atoms with Gasteiger partial charge < -0.3 is 14.8 Å². The maximum absolute atomic E-state index is 12.4. The van der Waals surface area contributed by atoms with Crippen molar-refractivity contribution in [2.24, 2.45) is 5.92 Å². The van der Waals surface area contributed by atoms with Gasteiger partial charge in [-0.2, -0.15) is 0 Å². The van der Waals surface area contributed by atoms with Crippen molar-refractivity contribution in [3.05, 3.63) is 18.2 Å². The van der Waals surface area contributed by atoms with Gasteiger partial charge in [-0.25, -0.2) is 0 Å². The van der Waals surface area contributed by atoms with Gasteiger partial charge in [-0.05, 0) is 43.9 Å². The monoisotopic (exact) mass is 446 g/mol. The van der Waals surface area contributed by atoms with Crippen LogP contribution in [0.15, 0.2) is 23.4 Å². The summed E-state index contributed by atoms with van der Waals surface area (Å²) in [5.41, 5.74) is 0.931. The summed E-state index contributed by atoms with van der Waals surface area (Å²) in [5.74, 6) is 2.91. The zero-order valence-electron chi connectivity index (χ0n) is 19.2. The first-order chi connectivity index (χ1) is 14.9. The highest BCUT2D eigenvalue weighted by atomic mass is 32.2. The summed E-state index contributed by atoms with van der Waals surface area (Å²) < 4.78 is 13.1. The van der Waals surface area contributed by atoms with Gasteiger partial charge in [-0.15, -0.1) is 10.2 Å². The summed E-state index contributed by atoms with van der Waals surface area (Å²) in [6.07, 6.45) is 5.86. The van der Waals surface area contributed by atoms with Gasteiger partial charge in [0.15, 0.2) is 22.5 Å². The summed E-state index contributed by atoms with van der Waals surface area (Å²) in [6.45, 7) is 6.24. The predicted molar refractivity (Wildman–Crippen MR) is 124 cm³/mol. The molecule has 1 aromatic carbocycles. The zero-order chi connectivity index (χ0) is 22.4. The van der Waals surface area contributed by atoms with E-state index in [-0.39, 0.29) is 11.9 Å². The number of ether oxygens (including phenoxy) is 2. The minimum atomic E-state index is 0.0251. The number of methoxy groups -OCH3 is 2. The van der Waals surface area contributed by atoms with E-state index in [1.54, 1.807) is 14.2 Å². The van der Waals surface area contributed by atoms with E-state index in [0.717, 1.165) is 29.4 Å². The third kappa shape index (κ3) is 5.73. The molecule has 1 aromatic heterocycles. The Bertz CT molecular complexity index is 878. The van der Waals surface area contributed by atoms with Crippen LogP contribution in [-0.4, -0.2) is 46.7 Å². The van der Waals surface area contributed by atoms with Crippen LogP contribution in [0.5, 0.6) is 11.5 Å². The molecule has 1 aliphatic carbocycles. The lowest BCUT2D eigenvalue weighted by Gasteiger charge is -2.26. The molecule has 1 N–H and O–H groups in total. The molecular weight excluding hydrogens is 412 g/mol. The SMILES string of the molecule is COc1ccc(-c2nnc(SCC(=O)N[C@@H](C)C(C)C)n2C2CCCCC2)cc1OC. The van der Waals surface area contributed by atoms with Crippen molar-refractivity contribution < 1.29 is 14.3 Å². The van der Waals surface area contributed by atoms with Gasteiger partial charge in [0.05, 0.1) is 20.0 Å². The van der Waals surface area contributed by atoms with Gasteiger partial charge in [0.1, 0.15) is 0 Å². The predicted octanol–water partition coefficient (Wildman–Crippen LogP) is 4.72. The molecule has 3 rings (SSSR count). The summed E-state index contributed by atoms with van der Waals surface area (Å²) >= 11 is 1.46. The quantitative estimate of drug-likeness (QED) is 0.562. The summed E-state index contributed by atoms with van der Waals surface area (Å²) in [4.78, 5) is 12.4. The number of thioether (sulfide) groups is 1. The Morgan fingerprint density at radius 3 is 2.48 bits per heavy atom. The molecule has 1 fully saturated rings. The third-order valence-electron chi connectivity index (χ3n) is 5.97. The van der Waals surface area contributed by atoms with E-state index in [0.29, 0.717) is 29.2 Å². The van der Waals surface area contributed by atoms with Crippen LogP contribution >= 0.6 is 11.8 Å². The number of hydrogen-bond acceptors (Lipinski definition) is 6. The van der Waals surface area contributed by atoms with Crippen LogP contribution in [-0.2, 0) is 4.79 Å². The van der Waals surface area contributed by atoms with Crippen molar-refractivity contribution in [3.8, 4) is 22.9 Å². The van der Waals surface area contributed by atoms with Crippen LogP contribution < -0.4 is 14.8 Å². The standard InChI is InChI=1S/C23H34N4O3S/c1-15(2)16(3)24-21(28)14-31-23-26-25-22(27(23)18-9-7-6-8-10-18)17-11-12-19(29-4)20(13-17)30-5/h11-13,15-16,18H,6-10,14H2,1-5H3,(H,24,28)/t16-/m0/s1. The fraction of sp³-hybridized carbons (Fsp3) is 0.609. The van der Waals surface area contributed by atoms with Crippen molar-refractivity contribution in [2.75, 3.05) is 20.0 Å². The van der Waals surface area contributed by atoms with Crippen LogP contribution in [0.4, 0.5) is 0 Å². The third-order valence-corrected chi connectivity index (χ3v) is 6.91. The van der Waals surface area contributed by atoms with E-state index >= 15 is 0 Å². The molecule has 31 heavy (non-hydrogen) atoms. The number of benzene rings is 1. The van der Waals surface area contributed by atoms with Crippen molar-refractivity contribution in [3.63, 3.8) is 0 Å². The van der Waals surface area contributed by atoms with Crippen molar-refractivity contribution >= 4 is 17.7 Å². The molecule has 7 nitrogen and oxygen atoms in total. The maximum atomic E-state index is 12.4. The molecule has 1 atom stereocenters. The number of nitrogens with one attached hydrogen (secondary N) is 1. The van der Waals surface area contributed by atoms with Crippen molar-refractivity contribution in [1.29, 1.82) is 0 Å². The Kier molecular flexibility index (Phi) is 8.23. The first kappa shape index (κ1) is 23.4. The van der Waals surface area contributed by atoms with Crippen LogP contribution in [0.2, 0.25) is 0 Å². The second-order valence-electron chi connectivity index (χ2n) is 8.43. The fourth-order valence-electron chi connectivity index (χ4n) is 3.81. The smallest absolute Gasteiger partial charge is 0.230 e. The average Bonchev–Trinajstić information content (AvgIpc) is 3.21. The molecule has 2 aromatic rings. The second-order valence-corrected chi connectivity index (χ2v) is 9.37. The van der Waals surface area contributed by atoms with Crippen LogP contribution in [0.25, 0.3) is 11.4 Å². The van der Waals surface area contributed by atoms with Crippen LogP contribution in [0, 0.1) is 5.92 Å². The number of aromatic nitrogens is 3. The topological polar surface area (TPSA) is 78.3 Å². The molecule has 1 aliphatic rings. The highest BCUT2D eigenvalue weighted by Gasteiger charge is 2.25. The molecule has 0 bridgehead atoms. The minimum Gasteiger partial charge on any atom is -0.493 e. The Labute approximate surface area is 189 Å². The Balaban J connectivity index is 1.87. The van der Waals surface area contributed by atoms with Gasteiger partial charge in [-0.1, -0.05) is 44.9 Å². The molecule has 170 valence electrons. The fourth-order valence-corrected chi connectivity index (χ4v) is 4.63. The lowest BCUT2D eigenvalue weighted by Crippen LogP contribution is -2.37. The molecular formula is C23H34N4O3S. The largest absolute Gasteiger partial charge is 0.493 e. The van der Waals surface area contributed by atoms with Gasteiger partial charge >= 0.3 is 0 Å². The number of rotatable bonds is 9. The van der Waals surface area contributed by atoms with E-state index in [2.05, 4.69) is 33.9 Å². The number of hydrogen-bond donors (Lipinski definition) is 1. The highest BCUT2D eigenvalue weighted by Crippen LogP contribution is 2.38. The molecule has 0 unspecified atom stereocenters. The summed E-state index contributed by atoms with van der Waals surface area (Å²) in [7, 11) is 3.26. The first-order valence-corrected chi connectivity index (χ1v) is 12.0. The van der Waals surface area contributed by atoms with Crippen LogP contribution in [0.3, 0.4) is 0 Å². The first-order valence-electron chi connectivity index (χ1n) is 11.0. The normalized spacial score (nSPS) is 15.7. The number of nitrogens with zero attached hydrogens (tertiary/aromatic N) is 3. The lowest BCUT2D eigenvalue weighted by atomic mass is 9.95. The van der Waals surface area contributed by atoms with Crippen molar-refractivity contribution in [1.82, 2.24) is 20.1 Å². The molecule has 0 spiro atoms. The summed E-state index contributed by atoms with van der Waals surface area (Å²) in [6, 6.07) is 6.30. The van der Waals surface area contributed by atoms with Crippen LogP contribution in [0.1, 0.15) is 58.9 Å². The number of amides is 1. The molecule has 8 heteroatoms. The molecule has 0 saturated heterocycles. The van der Waals surface area contributed by atoms with Gasteiger partial charge in [0.2, 0.25) is 5.91 Å². The zero-order valence-corrected chi connectivity index (χ0v) is 20.0. The van der Waals surface area contributed by atoms with E-state index in [9.17, 15) is 4.79 Å². The van der Waals surface area contributed by atoms with Gasteiger partial charge in [0, 0.05) is 17.6 Å². The molecule has 0 radical (unpaired) electrons. The average molecular weight is 447 g/mol. The maximum Gasteiger partial charge on any atom is 0.230 e. The minimum absolute atomic E-state index is 0.0251.